The highest BCUT2D eigenvalue weighted by molar-refractivity contribution is 5.96. The molecule has 0 atom stereocenters. The molecule has 4 aromatic rings. The molecule has 1 saturated carbocycles. The summed E-state index contributed by atoms with van der Waals surface area (Å²) in [4.78, 5) is 17.1. The molecule has 4 nitrogen and oxygen atoms in total. The first-order valence-electron chi connectivity index (χ1n) is 9.72. The molecule has 0 radical (unpaired) electrons. The van der Waals surface area contributed by atoms with Crippen LogP contribution in [0, 0.1) is 5.92 Å². The average molecular weight is 367 g/mol. The zero-order valence-electron chi connectivity index (χ0n) is 15.5. The Morgan fingerprint density at radius 3 is 2.32 bits per heavy atom. The Labute approximate surface area is 163 Å². The first kappa shape index (κ1) is 16.8. The van der Waals surface area contributed by atoms with Crippen molar-refractivity contribution in [3.05, 3.63) is 79.1 Å². The Kier molecular flexibility index (Phi) is 4.17. The van der Waals surface area contributed by atoms with Gasteiger partial charge in [0.15, 0.2) is 5.65 Å². The van der Waals surface area contributed by atoms with Crippen LogP contribution < -0.4 is 5.32 Å². The highest BCUT2D eigenvalue weighted by Crippen LogP contribution is 2.29. The second-order valence-corrected chi connectivity index (χ2v) is 7.34. The highest BCUT2D eigenvalue weighted by Gasteiger charge is 2.25. The zero-order chi connectivity index (χ0) is 18.9. The van der Waals surface area contributed by atoms with Crippen molar-refractivity contribution < 1.29 is 4.79 Å². The van der Waals surface area contributed by atoms with E-state index in [-0.39, 0.29) is 11.8 Å². The first-order chi connectivity index (χ1) is 13.8. The van der Waals surface area contributed by atoms with Gasteiger partial charge in [-0.2, -0.15) is 0 Å². The minimum Gasteiger partial charge on any atom is -0.323 e. The molecule has 28 heavy (non-hydrogen) atoms. The van der Waals surface area contributed by atoms with Crippen LogP contribution in [0.2, 0.25) is 0 Å². The Balaban J connectivity index is 1.45. The van der Waals surface area contributed by atoms with Crippen molar-refractivity contribution in [2.75, 3.05) is 5.32 Å². The molecule has 1 fully saturated rings. The molecule has 0 unspecified atom stereocenters. The lowest BCUT2D eigenvalue weighted by Crippen LogP contribution is -2.28. The van der Waals surface area contributed by atoms with Crippen LogP contribution in [0.4, 0.5) is 5.69 Å². The maximum absolute atomic E-state index is 12.3. The fourth-order valence-electron chi connectivity index (χ4n) is 3.62. The highest BCUT2D eigenvalue weighted by atomic mass is 16.1. The van der Waals surface area contributed by atoms with E-state index in [2.05, 4.69) is 41.7 Å². The van der Waals surface area contributed by atoms with E-state index in [0.717, 1.165) is 41.9 Å². The second kappa shape index (κ2) is 6.97. The summed E-state index contributed by atoms with van der Waals surface area (Å²) in [5.41, 5.74) is 5.88. The Morgan fingerprint density at radius 1 is 0.893 bits per heavy atom. The molecule has 0 saturated heterocycles. The third-order valence-electron chi connectivity index (χ3n) is 5.50. The van der Waals surface area contributed by atoms with Crippen LogP contribution in [0.5, 0.6) is 0 Å². The fraction of sp³-hybridized carbons (Fsp3) is 0.167. The average Bonchev–Trinajstić information content (AvgIpc) is 3.13. The SMILES string of the molecule is O=C(Nc1cccn2cc(-c3ccc(-c4ccccc4)cc3)nc12)C1CCC1. The third kappa shape index (κ3) is 3.07. The normalized spacial score (nSPS) is 14.0. The molecule has 2 aromatic carbocycles. The van der Waals surface area contributed by atoms with Gasteiger partial charge < -0.3 is 9.72 Å². The van der Waals surface area contributed by atoms with Gasteiger partial charge in [-0.25, -0.2) is 4.98 Å². The molecule has 1 N–H and O–H groups in total. The lowest BCUT2D eigenvalue weighted by molar-refractivity contribution is -0.122. The van der Waals surface area contributed by atoms with Gasteiger partial charge in [0.1, 0.15) is 0 Å². The Hall–Kier alpha value is -3.40. The zero-order valence-corrected chi connectivity index (χ0v) is 15.5. The fourth-order valence-corrected chi connectivity index (χ4v) is 3.62. The molecule has 2 heterocycles. The van der Waals surface area contributed by atoms with E-state index in [1.165, 1.54) is 11.1 Å². The first-order valence-corrected chi connectivity index (χ1v) is 9.72. The van der Waals surface area contributed by atoms with E-state index in [1.54, 1.807) is 0 Å². The molecule has 4 heteroatoms. The topological polar surface area (TPSA) is 46.4 Å². The van der Waals surface area contributed by atoms with Crippen molar-refractivity contribution in [1.82, 2.24) is 9.38 Å². The maximum atomic E-state index is 12.3. The van der Waals surface area contributed by atoms with Crippen LogP contribution in [0.25, 0.3) is 28.0 Å². The van der Waals surface area contributed by atoms with E-state index in [1.807, 2.05) is 47.1 Å². The summed E-state index contributed by atoms with van der Waals surface area (Å²) in [6, 6.07) is 22.6. The number of carbonyl (C=O) groups excluding carboxylic acids is 1. The monoisotopic (exact) mass is 367 g/mol. The summed E-state index contributed by atoms with van der Waals surface area (Å²) < 4.78 is 1.97. The van der Waals surface area contributed by atoms with Crippen LogP contribution >= 0.6 is 0 Å². The molecule has 1 amide bonds. The number of carbonyl (C=O) groups is 1. The van der Waals surface area contributed by atoms with E-state index in [4.69, 9.17) is 4.98 Å². The number of rotatable bonds is 4. The minimum absolute atomic E-state index is 0.108. The minimum atomic E-state index is 0.108. The van der Waals surface area contributed by atoms with Crippen LogP contribution in [0.15, 0.2) is 79.1 Å². The van der Waals surface area contributed by atoms with Gasteiger partial charge in [-0.1, -0.05) is 61.0 Å². The van der Waals surface area contributed by atoms with Crippen molar-refractivity contribution in [3.63, 3.8) is 0 Å². The summed E-state index contributed by atoms with van der Waals surface area (Å²) in [6.45, 7) is 0. The Morgan fingerprint density at radius 2 is 1.61 bits per heavy atom. The summed E-state index contributed by atoms with van der Waals surface area (Å²) in [7, 11) is 0. The van der Waals surface area contributed by atoms with Crippen LogP contribution in [-0.4, -0.2) is 15.3 Å². The number of nitrogens with zero attached hydrogens (tertiary/aromatic N) is 2. The number of amides is 1. The van der Waals surface area contributed by atoms with Crippen molar-refractivity contribution in [1.29, 1.82) is 0 Å². The molecular weight excluding hydrogens is 346 g/mol. The van der Waals surface area contributed by atoms with Gasteiger partial charge in [-0.15, -0.1) is 0 Å². The quantitative estimate of drug-likeness (QED) is 0.524. The van der Waals surface area contributed by atoms with Gasteiger partial charge in [0.2, 0.25) is 5.91 Å². The number of imidazole rings is 1. The van der Waals surface area contributed by atoms with Crippen molar-refractivity contribution in [2.24, 2.45) is 5.92 Å². The third-order valence-corrected chi connectivity index (χ3v) is 5.50. The molecule has 0 aliphatic heterocycles. The van der Waals surface area contributed by atoms with Crippen LogP contribution in [0.3, 0.4) is 0 Å². The van der Waals surface area contributed by atoms with Gasteiger partial charge >= 0.3 is 0 Å². The predicted octanol–water partition coefficient (Wildman–Crippen LogP) is 5.41. The van der Waals surface area contributed by atoms with E-state index in [9.17, 15) is 4.79 Å². The van der Waals surface area contributed by atoms with E-state index < -0.39 is 0 Å². The summed E-state index contributed by atoms with van der Waals surface area (Å²) in [5.74, 6) is 0.260. The van der Waals surface area contributed by atoms with E-state index in [0.29, 0.717) is 0 Å². The number of benzene rings is 2. The smallest absolute Gasteiger partial charge is 0.227 e. The van der Waals surface area contributed by atoms with Crippen LogP contribution in [-0.2, 0) is 4.79 Å². The van der Waals surface area contributed by atoms with Gasteiger partial charge in [0.25, 0.3) is 0 Å². The van der Waals surface area contributed by atoms with Gasteiger partial charge in [0, 0.05) is 23.9 Å². The second-order valence-electron chi connectivity index (χ2n) is 7.34. The number of nitrogens with one attached hydrogen (secondary N) is 1. The molecule has 138 valence electrons. The molecule has 1 aliphatic rings. The van der Waals surface area contributed by atoms with Gasteiger partial charge in [-0.05, 0) is 36.1 Å². The molecule has 2 aromatic heterocycles. The number of hydrogen-bond donors (Lipinski definition) is 1. The lowest BCUT2D eigenvalue weighted by atomic mass is 9.85. The number of fused-ring (bicyclic) bond motifs is 1. The summed E-state index contributed by atoms with van der Waals surface area (Å²) >= 11 is 0. The molecule has 0 bridgehead atoms. The predicted molar refractivity (Wildman–Crippen MR) is 112 cm³/mol. The number of pyridine rings is 1. The molecule has 5 rings (SSSR count). The standard InChI is InChI=1S/C24H21N3O/c28-24(20-8-4-9-20)26-21-10-5-15-27-16-22(25-23(21)27)19-13-11-18(12-14-19)17-6-2-1-3-7-17/h1-3,5-7,10-16,20H,4,8-9H2,(H,26,28). The summed E-state index contributed by atoms with van der Waals surface area (Å²) in [5, 5.41) is 3.06. The van der Waals surface area contributed by atoms with Crippen molar-refractivity contribution in [2.45, 2.75) is 19.3 Å². The molecular formula is C24H21N3O. The Bertz CT molecular complexity index is 1130. The maximum Gasteiger partial charge on any atom is 0.227 e. The van der Waals surface area contributed by atoms with Crippen LogP contribution in [0.1, 0.15) is 19.3 Å². The van der Waals surface area contributed by atoms with E-state index >= 15 is 0 Å². The lowest BCUT2D eigenvalue weighted by Gasteiger charge is -2.24. The van der Waals surface area contributed by atoms with Gasteiger partial charge in [-0.3, -0.25) is 4.79 Å². The number of hydrogen-bond acceptors (Lipinski definition) is 2. The molecule has 1 aliphatic carbocycles. The number of anilines is 1. The largest absolute Gasteiger partial charge is 0.323 e. The molecule has 0 spiro atoms. The summed E-state index contributed by atoms with van der Waals surface area (Å²) in [6.07, 6.45) is 7.09. The van der Waals surface area contributed by atoms with Crippen molar-refractivity contribution in [3.8, 4) is 22.4 Å². The van der Waals surface area contributed by atoms with Gasteiger partial charge in [0.05, 0.1) is 11.4 Å². The van der Waals surface area contributed by atoms with Crippen molar-refractivity contribution >= 4 is 17.2 Å². The number of aromatic nitrogens is 2.